The fraction of sp³-hybridized carbons (Fsp3) is 0.480. The highest BCUT2D eigenvalue weighted by molar-refractivity contribution is 7.91. The Morgan fingerprint density at radius 2 is 1.89 bits per heavy atom. The summed E-state index contributed by atoms with van der Waals surface area (Å²) in [6.07, 6.45) is -3.95. The van der Waals surface area contributed by atoms with Crippen molar-refractivity contribution < 1.29 is 26.1 Å². The fourth-order valence-electron chi connectivity index (χ4n) is 4.70. The van der Waals surface area contributed by atoms with Crippen molar-refractivity contribution in [3.05, 3.63) is 59.4 Å². The van der Waals surface area contributed by atoms with Crippen LogP contribution in [0.5, 0.6) is 0 Å². The molecule has 0 radical (unpaired) electrons. The van der Waals surface area contributed by atoms with E-state index in [1.807, 2.05) is 12.1 Å². The van der Waals surface area contributed by atoms with E-state index in [0.29, 0.717) is 12.5 Å². The number of sulfonamides is 1. The second kappa shape index (κ2) is 10.1. The fourth-order valence-corrected chi connectivity index (χ4v) is 7.26. The van der Waals surface area contributed by atoms with Crippen LogP contribution in [-0.4, -0.2) is 61.6 Å². The quantitative estimate of drug-likeness (QED) is 0.432. The molecule has 1 aromatic carbocycles. The van der Waals surface area contributed by atoms with E-state index < -0.39 is 22.0 Å². The van der Waals surface area contributed by atoms with Crippen molar-refractivity contribution in [2.24, 2.45) is 0 Å². The van der Waals surface area contributed by atoms with Crippen LogP contribution in [0.25, 0.3) is 10.6 Å². The van der Waals surface area contributed by atoms with Gasteiger partial charge in [0.2, 0.25) is 15.8 Å². The smallest absolute Gasteiger partial charge is 0.351 e. The topological polar surface area (TPSA) is 78.7 Å². The van der Waals surface area contributed by atoms with E-state index in [-0.39, 0.29) is 26.7 Å². The molecule has 1 aliphatic carbocycles. The third-order valence-electron chi connectivity index (χ3n) is 6.91. The van der Waals surface area contributed by atoms with Gasteiger partial charge in [-0.25, -0.2) is 13.1 Å². The van der Waals surface area contributed by atoms with Gasteiger partial charge >= 0.3 is 6.18 Å². The Kier molecular flexibility index (Phi) is 7.22. The Hall–Kier alpha value is -2.25. The summed E-state index contributed by atoms with van der Waals surface area (Å²) in [5, 5.41) is 3.43. The first kappa shape index (κ1) is 26.4. The first-order valence-corrected chi connectivity index (χ1v) is 14.5. The van der Waals surface area contributed by atoms with Crippen LogP contribution in [0, 0.1) is 0 Å². The molecular weight excluding hydrogens is 525 g/mol. The molecular formula is C25H29F3N4O3S2. The van der Waals surface area contributed by atoms with E-state index in [2.05, 4.69) is 50.2 Å². The van der Waals surface area contributed by atoms with Crippen molar-refractivity contribution in [1.82, 2.24) is 19.7 Å². The second-order valence-electron chi connectivity index (χ2n) is 9.91. The van der Waals surface area contributed by atoms with Crippen LogP contribution in [0.1, 0.15) is 43.1 Å². The van der Waals surface area contributed by atoms with Crippen molar-refractivity contribution in [2.45, 2.75) is 55.2 Å². The first-order valence-electron chi connectivity index (χ1n) is 12.2. The van der Waals surface area contributed by atoms with Crippen LogP contribution in [0.4, 0.5) is 13.2 Å². The van der Waals surface area contributed by atoms with Gasteiger partial charge in [0, 0.05) is 56.8 Å². The Morgan fingerprint density at radius 1 is 1.14 bits per heavy atom. The Labute approximate surface area is 218 Å². The molecule has 37 heavy (non-hydrogen) atoms. The zero-order valence-corrected chi connectivity index (χ0v) is 22.2. The zero-order valence-electron chi connectivity index (χ0n) is 20.5. The molecule has 2 aromatic heterocycles. The van der Waals surface area contributed by atoms with Gasteiger partial charge in [-0.05, 0) is 43.5 Å². The van der Waals surface area contributed by atoms with E-state index in [0.717, 1.165) is 55.7 Å². The van der Waals surface area contributed by atoms with Crippen LogP contribution in [0.3, 0.4) is 0 Å². The van der Waals surface area contributed by atoms with E-state index in [1.165, 1.54) is 17.7 Å². The van der Waals surface area contributed by atoms with E-state index in [1.54, 1.807) is 0 Å². The standard InChI is InChI=1S/C25H29F3N4O3S2/c1-16(2)32-10-8-31(9-11-32)15-17-4-3-5-18(12-17)19-13-20(19)30-37(33,34)24-7-6-22(36-24)21-14-23(35-29-21)25(26,27)28/h3-7,12,14,16,19-20,30H,8-11,13,15H2,1-2H3/t19-,20+/m1/s1. The molecule has 0 unspecified atom stereocenters. The highest BCUT2D eigenvalue weighted by Gasteiger charge is 2.42. The minimum atomic E-state index is -4.65. The summed E-state index contributed by atoms with van der Waals surface area (Å²) < 4.78 is 71.3. The molecule has 2 aliphatic rings. The minimum Gasteiger partial charge on any atom is -0.351 e. The lowest BCUT2D eigenvalue weighted by atomic mass is 10.1. The molecule has 1 saturated carbocycles. The average Bonchev–Trinajstić information content (AvgIpc) is 3.23. The van der Waals surface area contributed by atoms with Crippen molar-refractivity contribution in [3.63, 3.8) is 0 Å². The lowest BCUT2D eigenvalue weighted by Gasteiger charge is -2.37. The monoisotopic (exact) mass is 554 g/mol. The number of rotatable bonds is 8. The van der Waals surface area contributed by atoms with Crippen LogP contribution < -0.4 is 4.72 Å². The number of nitrogens with zero attached hydrogens (tertiary/aromatic N) is 3. The molecule has 12 heteroatoms. The van der Waals surface area contributed by atoms with Gasteiger partial charge < -0.3 is 4.52 Å². The number of halogens is 3. The van der Waals surface area contributed by atoms with Gasteiger partial charge in [0.25, 0.3) is 0 Å². The number of hydrogen-bond acceptors (Lipinski definition) is 7. The molecule has 1 N–H and O–H groups in total. The van der Waals surface area contributed by atoms with Crippen molar-refractivity contribution in [1.29, 1.82) is 0 Å². The predicted molar refractivity (Wildman–Crippen MR) is 135 cm³/mol. The maximum absolute atomic E-state index is 12.9. The summed E-state index contributed by atoms with van der Waals surface area (Å²) in [4.78, 5) is 5.22. The highest BCUT2D eigenvalue weighted by atomic mass is 32.2. The summed E-state index contributed by atoms with van der Waals surface area (Å²) >= 11 is 0.858. The summed E-state index contributed by atoms with van der Waals surface area (Å²) in [6.45, 7) is 9.51. The molecule has 5 rings (SSSR count). The molecule has 2 fully saturated rings. The van der Waals surface area contributed by atoms with Gasteiger partial charge in [0.1, 0.15) is 9.90 Å². The SMILES string of the molecule is CC(C)N1CCN(Cc2cccc([C@H]3C[C@@H]3NS(=O)(=O)c3ccc(-c4cc(C(F)(F)F)on4)s3)c2)CC1. The van der Waals surface area contributed by atoms with Gasteiger partial charge in [0.05, 0.1) is 4.88 Å². The molecule has 200 valence electrons. The molecule has 0 spiro atoms. The van der Waals surface area contributed by atoms with Crippen LogP contribution in [0.15, 0.2) is 51.2 Å². The lowest BCUT2D eigenvalue weighted by Crippen LogP contribution is -2.48. The van der Waals surface area contributed by atoms with Crippen LogP contribution in [-0.2, 0) is 22.7 Å². The highest BCUT2D eigenvalue weighted by Crippen LogP contribution is 2.43. The van der Waals surface area contributed by atoms with E-state index >= 15 is 0 Å². The van der Waals surface area contributed by atoms with E-state index in [9.17, 15) is 21.6 Å². The predicted octanol–water partition coefficient (Wildman–Crippen LogP) is 4.78. The molecule has 7 nitrogen and oxygen atoms in total. The molecule has 1 aliphatic heterocycles. The zero-order chi connectivity index (χ0) is 26.4. The largest absolute Gasteiger partial charge is 0.452 e. The molecule has 3 heterocycles. The van der Waals surface area contributed by atoms with Crippen molar-refractivity contribution >= 4 is 21.4 Å². The Bertz CT molecular complexity index is 1340. The lowest BCUT2D eigenvalue weighted by molar-refractivity contribution is -0.155. The molecule has 1 saturated heterocycles. The summed E-state index contributed by atoms with van der Waals surface area (Å²) in [6, 6.07) is 12.3. The Balaban J connectivity index is 1.19. The average molecular weight is 555 g/mol. The number of hydrogen-bond donors (Lipinski definition) is 1. The number of nitrogens with one attached hydrogen (secondary N) is 1. The van der Waals surface area contributed by atoms with Crippen LogP contribution in [0.2, 0.25) is 0 Å². The number of benzene rings is 1. The van der Waals surface area contributed by atoms with Crippen molar-refractivity contribution in [2.75, 3.05) is 26.2 Å². The second-order valence-corrected chi connectivity index (χ2v) is 12.9. The van der Waals surface area contributed by atoms with Gasteiger partial charge in [-0.1, -0.05) is 29.4 Å². The maximum Gasteiger partial charge on any atom is 0.452 e. The third kappa shape index (κ3) is 6.09. The molecule has 2 atom stereocenters. The number of aromatic nitrogens is 1. The number of alkyl halides is 3. The Morgan fingerprint density at radius 3 is 2.57 bits per heavy atom. The van der Waals surface area contributed by atoms with Gasteiger partial charge in [-0.2, -0.15) is 13.2 Å². The first-order chi connectivity index (χ1) is 17.5. The van der Waals surface area contributed by atoms with Gasteiger partial charge in [-0.3, -0.25) is 9.80 Å². The third-order valence-corrected chi connectivity index (χ3v) is 10.00. The van der Waals surface area contributed by atoms with Crippen molar-refractivity contribution in [3.8, 4) is 10.6 Å². The van der Waals surface area contributed by atoms with Gasteiger partial charge in [-0.15, -0.1) is 11.3 Å². The molecule has 3 aromatic rings. The normalized spacial score (nSPS) is 21.6. The molecule has 0 bridgehead atoms. The number of thiophene rings is 1. The maximum atomic E-state index is 12.9. The summed E-state index contributed by atoms with van der Waals surface area (Å²) in [5.74, 6) is -1.13. The summed E-state index contributed by atoms with van der Waals surface area (Å²) in [5.41, 5.74) is 2.28. The van der Waals surface area contributed by atoms with E-state index in [4.69, 9.17) is 0 Å². The molecule has 0 amide bonds. The minimum absolute atomic E-state index is 0.0269. The number of piperazine rings is 1. The van der Waals surface area contributed by atoms with Crippen LogP contribution >= 0.6 is 11.3 Å². The summed E-state index contributed by atoms with van der Waals surface area (Å²) in [7, 11) is -3.82. The van der Waals surface area contributed by atoms with Gasteiger partial charge in [0.15, 0.2) is 0 Å².